The maximum absolute atomic E-state index is 12.1. The number of amides is 1. The zero-order chi connectivity index (χ0) is 19.1. The fourth-order valence-electron chi connectivity index (χ4n) is 2.52. The maximum atomic E-state index is 12.1. The molecule has 140 valence electrons. The predicted molar refractivity (Wildman–Crippen MR) is 110 cm³/mol. The Bertz CT molecular complexity index is 898. The van der Waals surface area contributed by atoms with Crippen LogP contribution in [0.5, 0.6) is 0 Å². The molecule has 0 spiro atoms. The zero-order valence-electron chi connectivity index (χ0n) is 15.3. The van der Waals surface area contributed by atoms with Gasteiger partial charge >= 0.3 is 0 Å². The van der Waals surface area contributed by atoms with Crippen LogP contribution in [0.15, 0.2) is 58.6 Å². The molecule has 27 heavy (non-hydrogen) atoms. The molecule has 8 heteroatoms. The number of carbonyl (C=O) groups is 1. The molecule has 0 fully saturated rings. The fourth-order valence-corrected chi connectivity index (χ4v) is 4.02. The Balaban J connectivity index is 1.47. The van der Waals surface area contributed by atoms with Crippen molar-refractivity contribution in [3.63, 3.8) is 0 Å². The molecule has 0 radical (unpaired) electrons. The Morgan fingerprint density at radius 3 is 2.70 bits per heavy atom. The minimum absolute atomic E-state index is 0.0242. The van der Waals surface area contributed by atoms with Crippen molar-refractivity contribution in [1.29, 1.82) is 0 Å². The molecule has 3 aromatic rings. The van der Waals surface area contributed by atoms with Crippen LogP contribution in [0.1, 0.15) is 11.1 Å². The average Bonchev–Trinajstić information content (AvgIpc) is 3.13. The van der Waals surface area contributed by atoms with Crippen LogP contribution in [-0.4, -0.2) is 44.2 Å². The van der Waals surface area contributed by atoms with E-state index in [-0.39, 0.29) is 11.7 Å². The van der Waals surface area contributed by atoms with Crippen molar-refractivity contribution in [3.05, 3.63) is 59.7 Å². The summed E-state index contributed by atoms with van der Waals surface area (Å²) in [6.07, 6.45) is 0. The molecule has 2 aromatic carbocycles. The number of carbonyl (C=O) groups excluding carboxylic acids is 1. The summed E-state index contributed by atoms with van der Waals surface area (Å²) in [5, 5.41) is 15.4. The van der Waals surface area contributed by atoms with Crippen LogP contribution in [-0.2, 0) is 4.79 Å². The topological polar surface area (TPSA) is 72.7 Å². The van der Waals surface area contributed by atoms with E-state index in [1.54, 1.807) is 16.4 Å². The molecule has 0 saturated carbocycles. The lowest BCUT2D eigenvalue weighted by molar-refractivity contribution is -0.118. The Hall–Kier alpha value is -2.32. The van der Waals surface area contributed by atoms with Crippen LogP contribution in [0, 0.1) is 13.8 Å². The van der Waals surface area contributed by atoms with Crippen LogP contribution in [0.25, 0.3) is 5.69 Å². The van der Waals surface area contributed by atoms with E-state index in [0.717, 1.165) is 17.0 Å². The third-order valence-electron chi connectivity index (χ3n) is 3.79. The number of aromatic nitrogens is 4. The lowest BCUT2D eigenvalue weighted by Crippen LogP contribution is -2.27. The van der Waals surface area contributed by atoms with Crippen molar-refractivity contribution < 1.29 is 4.79 Å². The number of rotatable bonds is 8. The van der Waals surface area contributed by atoms with Gasteiger partial charge in [-0.15, -0.1) is 16.9 Å². The molecule has 0 atom stereocenters. The van der Waals surface area contributed by atoms with E-state index in [2.05, 4.69) is 39.0 Å². The van der Waals surface area contributed by atoms with Crippen molar-refractivity contribution in [2.24, 2.45) is 0 Å². The Kier molecular flexibility index (Phi) is 6.89. The van der Waals surface area contributed by atoms with E-state index < -0.39 is 0 Å². The largest absolute Gasteiger partial charge is 0.355 e. The highest BCUT2D eigenvalue weighted by Gasteiger charge is 2.13. The summed E-state index contributed by atoms with van der Waals surface area (Å²) in [6, 6.07) is 16.2. The first kappa shape index (κ1) is 19.4. The molecule has 1 N–H and O–H groups in total. The van der Waals surface area contributed by atoms with E-state index in [9.17, 15) is 4.79 Å². The van der Waals surface area contributed by atoms with Crippen LogP contribution in [0.3, 0.4) is 0 Å². The van der Waals surface area contributed by atoms with Crippen molar-refractivity contribution in [2.75, 3.05) is 18.1 Å². The molecule has 6 nitrogen and oxygen atoms in total. The number of nitrogens with zero attached hydrogens (tertiary/aromatic N) is 4. The molecule has 1 heterocycles. The molecule has 0 bridgehead atoms. The first-order valence-electron chi connectivity index (χ1n) is 8.57. The number of hydrogen-bond acceptors (Lipinski definition) is 6. The Labute approximate surface area is 167 Å². The second-order valence-corrected chi connectivity index (χ2v) is 8.07. The van der Waals surface area contributed by atoms with E-state index >= 15 is 0 Å². The quantitative estimate of drug-likeness (QED) is 0.463. The van der Waals surface area contributed by atoms with Crippen molar-refractivity contribution in [3.8, 4) is 5.69 Å². The Morgan fingerprint density at radius 2 is 1.93 bits per heavy atom. The smallest absolute Gasteiger partial charge is 0.230 e. The number of tetrazole rings is 1. The minimum Gasteiger partial charge on any atom is -0.355 e. The first-order chi connectivity index (χ1) is 13.1. The second kappa shape index (κ2) is 9.57. The molecule has 0 aliphatic rings. The first-order valence-corrected chi connectivity index (χ1v) is 10.5. The summed E-state index contributed by atoms with van der Waals surface area (Å²) < 4.78 is 1.68. The van der Waals surface area contributed by atoms with Crippen LogP contribution in [0.2, 0.25) is 0 Å². The van der Waals surface area contributed by atoms with Gasteiger partial charge in [0.25, 0.3) is 0 Å². The summed E-state index contributed by atoms with van der Waals surface area (Å²) in [5.41, 5.74) is 3.20. The minimum atomic E-state index is -0.0242. The monoisotopic (exact) mass is 399 g/mol. The van der Waals surface area contributed by atoms with Gasteiger partial charge in [-0.1, -0.05) is 47.7 Å². The lowest BCUT2D eigenvalue weighted by atomic mass is 10.1. The van der Waals surface area contributed by atoms with Gasteiger partial charge in [-0.25, -0.2) is 0 Å². The number of benzene rings is 2. The molecule has 3 rings (SSSR count). The number of aryl methyl sites for hydroxylation is 2. The predicted octanol–water partition coefficient (Wildman–Crippen LogP) is 3.28. The van der Waals surface area contributed by atoms with Gasteiger partial charge in [0.15, 0.2) is 0 Å². The van der Waals surface area contributed by atoms with Gasteiger partial charge in [-0.2, -0.15) is 4.68 Å². The summed E-state index contributed by atoms with van der Waals surface area (Å²) in [5.74, 6) is 1.09. The van der Waals surface area contributed by atoms with Crippen molar-refractivity contribution >= 4 is 29.4 Å². The second-order valence-electron chi connectivity index (χ2n) is 5.96. The van der Waals surface area contributed by atoms with Gasteiger partial charge in [0, 0.05) is 17.2 Å². The molecular formula is C19H21N5OS2. The molecule has 0 unspecified atom stereocenters. The molecular weight excluding hydrogens is 378 g/mol. The highest BCUT2D eigenvalue weighted by molar-refractivity contribution is 7.99. The molecule has 0 saturated heterocycles. The number of thioether (sulfide) groups is 2. The fraction of sp³-hybridized carbons (Fsp3) is 0.263. The van der Waals surface area contributed by atoms with Gasteiger partial charge in [0.1, 0.15) is 0 Å². The summed E-state index contributed by atoms with van der Waals surface area (Å²) >= 11 is 3.05. The van der Waals surface area contributed by atoms with Gasteiger partial charge < -0.3 is 5.32 Å². The summed E-state index contributed by atoms with van der Waals surface area (Å²) in [4.78, 5) is 13.3. The van der Waals surface area contributed by atoms with Gasteiger partial charge in [0.05, 0.1) is 11.4 Å². The van der Waals surface area contributed by atoms with Gasteiger partial charge in [-0.3, -0.25) is 4.79 Å². The summed E-state index contributed by atoms with van der Waals surface area (Å²) in [7, 11) is 0. The highest BCUT2D eigenvalue weighted by atomic mass is 32.2. The van der Waals surface area contributed by atoms with Crippen molar-refractivity contribution in [1.82, 2.24) is 25.5 Å². The van der Waals surface area contributed by atoms with Gasteiger partial charge in [-0.05, 0) is 48.0 Å². The number of hydrogen-bond donors (Lipinski definition) is 1. The highest BCUT2D eigenvalue weighted by Crippen LogP contribution is 2.21. The van der Waals surface area contributed by atoms with E-state index in [1.165, 1.54) is 22.2 Å². The maximum Gasteiger partial charge on any atom is 0.230 e. The normalized spacial score (nSPS) is 10.7. The SMILES string of the molecule is Cc1ccc(-n2nnnc2SCC(=O)NCCSc2ccccc2)c(C)c1. The average molecular weight is 400 g/mol. The molecule has 0 aliphatic heterocycles. The van der Waals surface area contributed by atoms with E-state index in [0.29, 0.717) is 11.7 Å². The lowest BCUT2D eigenvalue weighted by Gasteiger charge is -2.08. The van der Waals surface area contributed by atoms with E-state index in [4.69, 9.17) is 0 Å². The number of nitrogens with one attached hydrogen (secondary N) is 1. The van der Waals surface area contributed by atoms with Crippen LogP contribution < -0.4 is 5.32 Å². The van der Waals surface area contributed by atoms with Gasteiger partial charge in [0.2, 0.25) is 11.1 Å². The molecule has 0 aliphatic carbocycles. The molecule has 1 aromatic heterocycles. The zero-order valence-corrected chi connectivity index (χ0v) is 16.9. The third-order valence-corrected chi connectivity index (χ3v) is 5.72. The summed E-state index contributed by atoms with van der Waals surface area (Å²) in [6.45, 7) is 4.70. The van der Waals surface area contributed by atoms with Crippen LogP contribution >= 0.6 is 23.5 Å². The van der Waals surface area contributed by atoms with E-state index in [1.807, 2.05) is 44.2 Å². The third kappa shape index (κ3) is 5.58. The Morgan fingerprint density at radius 1 is 1.11 bits per heavy atom. The van der Waals surface area contributed by atoms with Crippen molar-refractivity contribution in [2.45, 2.75) is 23.9 Å². The van der Waals surface area contributed by atoms with Crippen LogP contribution in [0.4, 0.5) is 0 Å². The standard InChI is InChI=1S/C19H21N5OS2/c1-14-8-9-17(15(2)12-14)24-19(21-22-23-24)27-13-18(25)20-10-11-26-16-6-4-3-5-7-16/h3-9,12H,10-11,13H2,1-2H3,(H,20,25). The molecule has 1 amide bonds.